The zero-order valence-electron chi connectivity index (χ0n) is 17.7. The van der Waals surface area contributed by atoms with Gasteiger partial charge in [-0.15, -0.1) is 0 Å². The fraction of sp³-hybridized carbons (Fsp3) is 0.455. The summed E-state index contributed by atoms with van der Waals surface area (Å²) in [5.41, 5.74) is 4.46. The molecule has 30 heavy (non-hydrogen) atoms. The summed E-state index contributed by atoms with van der Waals surface area (Å²) >= 11 is 0. The van der Waals surface area contributed by atoms with E-state index in [9.17, 15) is 4.79 Å². The first-order valence-corrected chi connectivity index (χ1v) is 10.4. The Balaban J connectivity index is 1.46. The lowest BCUT2D eigenvalue weighted by atomic mass is 10.1. The minimum atomic E-state index is -0.251. The normalized spacial score (nSPS) is 16.8. The second kappa shape index (κ2) is 8.79. The lowest BCUT2D eigenvalue weighted by Gasteiger charge is -2.33. The fourth-order valence-electron chi connectivity index (χ4n) is 3.80. The number of hydrogen-bond acceptors (Lipinski definition) is 6. The number of rotatable bonds is 6. The van der Waals surface area contributed by atoms with E-state index in [1.165, 1.54) is 0 Å². The van der Waals surface area contributed by atoms with Gasteiger partial charge in [0.05, 0.1) is 35.8 Å². The Morgan fingerprint density at radius 1 is 1.27 bits per heavy atom. The summed E-state index contributed by atoms with van der Waals surface area (Å²) in [5, 5.41) is 8.33. The molecule has 0 N–H and O–H groups in total. The van der Waals surface area contributed by atoms with Crippen LogP contribution in [-0.2, 0) is 22.5 Å². The van der Waals surface area contributed by atoms with Crippen LogP contribution >= 0.6 is 0 Å². The zero-order chi connectivity index (χ0) is 21.1. The predicted octanol–water partition coefficient (Wildman–Crippen LogP) is 3.10. The Kier molecular flexibility index (Phi) is 5.94. The molecule has 0 radical (unpaired) electrons. The number of carbonyl (C=O) groups excluding carboxylic acids is 1. The summed E-state index contributed by atoms with van der Waals surface area (Å²) in [7, 11) is 0. The third-order valence-electron chi connectivity index (χ3n) is 5.50. The van der Waals surface area contributed by atoms with E-state index in [1.807, 2.05) is 54.6 Å². The van der Waals surface area contributed by atoms with Gasteiger partial charge in [-0.1, -0.05) is 18.1 Å². The number of carbonyl (C=O) groups is 1. The molecule has 3 aromatic rings. The maximum absolute atomic E-state index is 12.8. The van der Waals surface area contributed by atoms with E-state index in [1.54, 1.807) is 6.20 Å². The van der Waals surface area contributed by atoms with E-state index in [0.29, 0.717) is 32.7 Å². The van der Waals surface area contributed by atoms with Crippen LogP contribution in [0.25, 0.3) is 11.3 Å². The Morgan fingerprint density at radius 3 is 2.90 bits per heavy atom. The van der Waals surface area contributed by atoms with Gasteiger partial charge in [0.25, 0.3) is 0 Å². The Morgan fingerprint density at radius 2 is 2.13 bits per heavy atom. The van der Waals surface area contributed by atoms with Gasteiger partial charge in [-0.25, -0.2) is 4.98 Å². The van der Waals surface area contributed by atoms with Crippen molar-refractivity contribution in [1.82, 2.24) is 24.8 Å². The fourth-order valence-corrected chi connectivity index (χ4v) is 3.80. The maximum atomic E-state index is 12.8. The van der Waals surface area contributed by atoms with E-state index in [2.05, 4.69) is 10.3 Å². The second-order valence-corrected chi connectivity index (χ2v) is 7.51. The Labute approximate surface area is 175 Å². The highest BCUT2D eigenvalue weighted by Crippen LogP contribution is 2.29. The number of aromatic nitrogens is 4. The van der Waals surface area contributed by atoms with Gasteiger partial charge in [0, 0.05) is 37.8 Å². The van der Waals surface area contributed by atoms with E-state index < -0.39 is 0 Å². The molecule has 1 aliphatic rings. The first kappa shape index (κ1) is 20.3. The van der Waals surface area contributed by atoms with Crippen molar-refractivity contribution in [2.75, 3.05) is 19.7 Å². The van der Waals surface area contributed by atoms with Crippen LogP contribution in [0.15, 0.2) is 35.0 Å². The predicted molar refractivity (Wildman–Crippen MR) is 111 cm³/mol. The molecule has 1 unspecified atom stereocenters. The standard InChI is InChI=1S/C22H27N5O3/c1-4-19-22(16(3)25-30-19)18-7-5-6-17(24-18)20-14-26(12-13-29-20)21(28)9-11-27-15(2)8-10-23-27/h5-8,10,20H,4,9,11-14H2,1-3H3. The van der Waals surface area contributed by atoms with Gasteiger partial charge >= 0.3 is 0 Å². The number of morpholine rings is 1. The largest absolute Gasteiger partial charge is 0.368 e. The van der Waals surface area contributed by atoms with Gasteiger partial charge in [-0.3, -0.25) is 9.48 Å². The van der Waals surface area contributed by atoms with Crippen LogP contribution in [0.1, 0.15) is 42.3 Å². The van der Waals surface area contributed by atoms with Gasteiger partial charge < -0.3 is 14.2 Å². The van der Waals surface area contributed by atoms with Gasteiger partial charge in [0.1, 0.15) is 11.9 Å². The van der Waals surface area contributed by atoms with E-state index in [-0.39, 0.29) is 12.0 Å². The van der Waals surface area contributed by atoms with E-state index >= 15 is 0 Å². The third kappa shape index (κ3) is 4.14. The first-order chi connectivity index (χ1) is 14.6. The molecule has 0 saturated carbocycles. The van der Waals surface area contributed by atoms with Crippen molar-refractivity contribution in [1.29, 1.82) is 0 Å². The SMILES string of the molecule is CCc1onc(C)c1-c1cccc(C2CN(C(=O)CCn3nccc3C)CCO2)n1. The zero-order valence-corrected chi connectivity index (χ0v) is 17.7. The molecule has 1 saturated heterocycles. The highest BCUT2D eigenvalue weighted by molar-refractivity contribution is 5.76. The molecule has 0 aliphatic carbocycles. The summed E-state index contributed by atoms with van der Waals surface area (Å²) in [6.45, 7) is 8.11. The quantitative estimate of drug-likeness (QED) is 0.622. The van der Waals surface area contributed by atoms with Crippen LogP contribution in [0, 0.1) is 13.8 Å². The van der Waals surface area contributed by atoms with E-state index in [4.69, 9.17) is 14.2 Å². The first-order valence-electron chi connectivity index (χ1n) is 10.4. The topological polar surface area (TPSA) is 86.3 Å². The van der Waals surface area contributed by atoms with Crippen LogP contribution < -0.4 is 0 Å². The van der Waals surface area contributed by atoms with Gasteiger partial charge in [0.2, 0.25) is 5.91 Å². The van der Waals surface area contributed by atoms with Crippen molar-refractivity contribution in [2.45, 2.75) is 46.3 Å². The van der Waals surface area contributed by atoms with Crippen molar-refractivity contribution in [2.24, 2.45) is 0 Å². The molecule has 0 bridgehead atoms. The minimum Gasteiger partial charge on any atom is -0.368 e. The average Bonchev–Trinajstić information content (AvgIpc) is 3.36. The lowest BCUT2D eigenvalue weighted by molar-refractivity contribution is -0.139. The molecule has 3 aromatic heterocycles. The number of ether oxygens (including phenoxy) is 1. The summed E-state index contributed by atoms with van der Waals surface area (Å²) in [6, 6.07) is 7.81. The van der Waals surface area contributed by atoms with Gasteiger partial charge in [0.15, 0.2) is 0 Å². The van der Waals surface area contributed by atoms with Crippen LogP contribution in [0.4, 0.5) is 0 Å². The number of aryl methyl sites for hydroxylation is 4. The van der Waals surface area contributed by atoms with Crippen LogP contribution in [0.3, 0.4) is 0 Å². The van der Waals surface area contributed by atoms with Gasteiger partial charge in [-0.2, -0.15) is 5.10 Å². The Bertz CT molecular complexity index is 1030. The number of amides is 1. The maximum Gasteiger partial charge on any atom is 0.224 e. The van der Waals surface area contributed by atoms with Crippen molar-refractivity contribution >= 4 is 5.91 Å². The molecular formula is C22H27N5O3. The molecule has 4 rings (SSSR count). The van der Waals surface area contributed by atoms with Gasteiger partial charge in [-0.05, 0) is 32.0 Å². The summed E-state index contributed by atoms with van der Waals surface area (Å²) in [4.78, 5) is 19.4. The van der Waals surface area contributed by atoms with Crippen LogP contribution in [0.5, 0.6) is 0 Å². The smallest absolute Gasteiger partial charge is 0.224 e. The molecule has 1 aliphatic heterocycles. The molecule has 158 valence electrons. The molecular weight excluding hydrogens is 382 g/mol. The Hall–Kier alpha value is -3.00. The monoisotopic (exact) mass is 409 g/mol. The molecule has 1 amide bonds. The molecule has 0 aromatic carbocycles. The van der Waals surface area contributed by atoms with E-state index in [0.717, 1.165) is 40.5 Å². The van der Waals surface area contributed by atoms with Crippen LogP contribution in [-0.4, -0.2) is 50.4 Å². The highest BCUT2D eigenvalue weighted by atomic mass is 16.5. The lowest BCUT2D eigenvalue weighted by Crippen LogP contribution is -2.42. The minimum absolute atomic E-state index is 0.109. The van der Waals surface area contributed by atoms with Crippen molar-refractivity contribution in [3.05, 3.63) is 53.3 Å². The van der Waals surface area contributed by atoms with Crippen molar-refractivity contribution in [3.8, 4) is 11.3 Å². The molecule has 8 nitrogen and oxygen atoms in total. The highest BCUT2D eigenvalue weighted by Gasteiger charge is 2.27. The summed E-state index contributed by atoms with van der Waals surface area (Å²) < 4.78 is 13.2. The van der Waals surface area contributed by atoms with Crippen molar-refractivity contribution < 1.29 is 14.1 Å². The number of nitrogens with zero attached hydrogens (tertiary/aromatic N) is 5. The molecule has 1 fully saturated rings. The summed E-state index contributed by atoms with van der Waals surface area (Å²) in [5.74, 6) is 0.935. The number of hydrogen-bond donors (Lipinski definition) is 0. The molecule has 8 heteroatoms. The van der Waals surface area contributed by atoms with Crippen molar-refractivity contribution in [3.63, 3.8) is 0 Å². The summed E-state index contributed by atoms with van der Waals surface area (Å²) in [6.07, 6.45) is 2.67. The van der Waals surface area contributed by atoms with Crippen LogP contribution in [0.2, 0.25) is 0 Å². The molecule has 1 atom stereocenters. The second-order valence-electron chi connectivity index (χ2n) is 7.51. The number of pyridine rings is 1. The third-order valence-corrected chi connectivity index (χ3v) is 5.50. The average molecular weight is 409 g/mol. The molecule has 0 spiro atoms. The molecule has 4 heterocycles.